The number of aryl methyl sites for hydroxylation is 1. The van der Waals surface area contributed by atoms with Crippen molar-refractivity contribution in [1.82, 2.24) is 10.3 Å². The number of nitrogens with one attached hydrogen (secondary N) is 1. The molecule has 0 amide bonds. The van der Waals surface area contributed by atoms with Crippen LogP contribution in [0.5, 0.6) is 5.75 Å². The molecule has 3 nitrogen and oxygen atoms in total. The third-order valence-corrected chi connectivity index (χ3v) is 4.03. The molecule has 0 spiro atoms. The fourth-order valence-electron chi connectivity index (χ4n) is 2.61. The van der Waals surface area contributed by atoms with Crippen molar-refractivity contribution in [2.75, 3.05) is 14.2 Å². The normalized spacial score (nSPS) is 13.7. The largest absolute Gasteiger partial charge is 0.497 e. The highest BCUT2D eigenvalue weighted by molar-refractivity contribution is 5.27. The van der Waals surface area contributed by atoms with Crippen LogP contribution in [0.2, 0.25) is 0 Å². The van der Waals surface area contributed by atoms with Crippen LogP contribution in [0, 0.1) is 0 Å². The number of rotatable bonds is 7. The van der Waals surface area contributed by atoms with E-state index in [-0.39, 0.29) is 0 Å². The van der Waals surface area contributed by atoms with Crippen molar-refractivity contribution in [3.05, 3.63) is 59.9 Å². The summed E-state index contributed by atoms with van der Waals surface area (Å²) < 4.78 is 5.19. The number of aromatic nitrogens is 1. The van der Waals surface area contributed by atoms with E-state index in [2.05, 4.69) is 41.5 Å². The summed E-state index contributed by atoms with van der Waals surface area (Å²) in [5, 5.41) is 3.43. The van der Waals surface area contributed by atoms with Crippen LogP contribution >= 0.6 is 0 Å². The molecule has 0 aliphatic heterocycles. The standard InChI is InChI=1S/C18H24N2O/c1-14(18-6-4-5-13-20-18)17(19-2)12-9-15-7-10-16(21-3)11-8-15/h4-8,10-11,13-14,17,19H,9,12H2,1-3H3. The van der Waals surface area contributed by atoms with Gasteiger partial charge in [0.25, 0.3) is 0 Å². The summed E-state index contributed by atoms with van der Waals surface area (Å²) in [5.74, 6) is 1.31. The number of hydrogen-bond donors (Lipinski definition) is 1. The Hall–Kier alpha value is -1.87. The lowest BCUT2D eigenvalue weighted by molar-refractivity contribution is 0.414. The highest BCUT2D eigenvalue weighted by Gasteiger charge is 2.17. The van der Waals surface area contributed by atoms with Gasteiger partial charge in [0.1, 0.15) is 5.75 Å². The monoisotopic (exact) mass is 284 g/mol. The van der Waals surface area contributed by atoms with Crippen molar-refractivity contribution in [2.24, 2.45) is 0 Å². The molecule has 0 fully saturated rings. The molecule has 0 bridgehead atoms. The number of nitrogens with zero attached hydrogens (tertiary/aromatic N) is 1. The minimum absolute atomic E-state index is 0.398. The third-order valence-electron chi connectivity index (χ3n) is 4.03. The number of ether oxygens (including phenoxy) is 1. The second-order valence-corrected chi connectivity index (χ2v) is 5.33. The van der Waals surface area contributed by atoms with Crippen LogP contribution in [0.4, 0.5) is 0 Å². The highest BCUT2D eigenvalue weighted by atomic mass is 16.5. The first-order chi connectivity index (χ1) is 10.2. The minimum atomic E-state index is 0.398. The molecule has 112 valence electrons. The zero-order valence-corrected chi connectivity index (χ0v) is 13.0. The summed E-state index contributed by atoms with van der Waals surface area (Å²) in [6, 6.07) is 14.8. The lowest BCUT2D eigenvalue weighted by atomic mass is 9.92. The van der Waals surface area contributed by atoms with Gasteiger partial charge in [0, 0.05) is 23.9 Å². The van der Waals surface area contributed by atoms with E-state index in [4.69, 9.17) is 4.74 Å². The van der Waals surface area contributed by atoms with Gasteiger partial charge in [-0.15, -0.1) is 0 Å². The van der Waals surface area contributed by atoms with Crippen LogP contribution in [0.25, 0.3) is 0 Å². The third kappa shape index (κ3) is 4.30. The van der Waals surface area contributed by atoms with Crippen LogP contribution in [0.3, 0.4) is 0 Å². The molecule has 0 radical (unpaired) electrons. The Balaban J connectivity index is 1.95. The Kier molecular flexibility index (Phi) is 5.76. The molecule has 2 rings (SSSR count). The predicted molar refractivity (Wildman–Crippen MR) is 86.8 cm³/mol. The zero-order valence-electron chi connectivity index (χ0n) is 13.0. The van der Waals surface area contributed by atoms with Gasteiger partial charge in [-0.05, 0) is 49.7 Å². The van der Waals surface area contributed by atoms with E-state index in [0.29, 0.717) is 12.0 Å². The Bertz CT molecular complexity index is 525. The number of benzene rings is 1. The van der Waals surface area contributed by atoms with Gasteiger partial charge in [0.05, 0.1) is 7.11 Å². The number of methoxy groups -OCH3 is 1. The Morgan fingerprint density at radius 2 is 1.90 bits per heavy atom. The molecule has 1 aromatic heterocycles. The molecule has 2 unspecified atom stereocenters. The van der Waals surface area contributed by atoms with Gasteiger partial charge in [-0.2, -0.15) is 0 Å². The molecule has 0 aliphatic carbocycles. The van der Waals surface area contributed by atoms with E-state index < -0.39 is 0 Å². The Morgan fingerprint density at radius 1 is 1.14 bits per heavy atom. The molecular weight excluding hydrogens is 260 g/mol. The molecule has 1 aromatic carbocycles. The first-order valence-electron chi connectivity index (χ1n) is 7.45. The number of hydrogen-bond acceptors (Lipinski definition) is 3. The second-order valence-electron chi connectivity index (χ2n) is 5.33. The molecule has 1 heterocycles. The van der Waals surface area contributed by atoms with E-state index in [1.165, 1.54) is 5.56 Å². The number of pyridine rings is 1. The summed E-state index contributed by atoms with van der Waals surface area (Å²) in [4.78, 5) is 4.47. The van der Waals surface area contributed by atoms with Crippen LogP contribution in [-0.4, -0.2) is 25.2 Å². The van der Waals surface area contributed by atoms with Crippen molar-refractivity contribution >= 4 is 0 Å². The quantitative estimate of drug-likeness (QED) is 0.846. The van der Waals surface area contributed by atoms with Crippen molar-refractivity contribution < 1.29 is 4.74 Å². The fourth-order valence-corrected chi connectivity index (χ4v) is 2.61. The molecule has 0 aliphatic rings. The van der Waals surface area contributed by atoms with E-state index in [9.17, 15) is 0 Å². The number of likely N-dealkylation sites (N-methyl/N-ethyl adjacent to an activating group) is 1. The summed E-state index contributed by atoms with van der Waals surface area (Å²) in [5.41, 5.74) is 2.48. The average molecular weight is 284 g/mol. The van der Waals surface area contributed by atoms with Crippen LogP contribution in [0.15, 0.2) is 48.7 Å². The van der Waals surface area contributed by atoms with Crippen molar-refractivity contribution in [1.29, 1.82) is 0 Å². The van der Waals surface area contributed by atoms with Gasteiger partial charge in [0.2, 0.25) is 0 Å². The Labute approximate surface area is 127 Å². The summed E-state index contributed by atoms with van der Waals surface area (Å²) in [7, 11) is 3.72. The first kappa shape index (κ1) is 15.5. The molecule has 3 heteroatoms. The highest BCUT2D eigenvalue weighted by Crippen LogP contribution is 2.21. The van der Waals surface area contributed by atoms with Crippen LogP contribution in [-0.2, 0) is 6.42 Å². The van der Waals surface area contributed by atoms with Gasteiger partial charge >= 0.3 is 0 Å². The second kappa shape index (κ2) is 7.79. The topological polar surface area (TPSA) is 34.1 Å². The van der Waals surface area contributed by atoms with Crippen LogP contribution < -0.4 is 10.1 Å². The Morgan fingerprint density at radius 3 is 2.48 bits per heavy atom. The van der Waals surface area contributed by atoms with Crippen LogP contribution in [0.1, 0.15) is 30.5 Å². The molecular formula is C18H24N2O. The maximum atomic E-state index is 5.19. The molecule has 1 N–H and O–H groups in total. The molecule has 2 atom stereocenters. The van der Waals surface area contributed by atoms with E-state index in [0.717, 1.165) is 24.3 Å². The fraction of sp³-hybridized carbons (Fsp3) is 0.389. The molecule has 2 aromatic rings. The lowest BCUT2D eigenvalue weighted by Crippen LogP contribution is -2.31. The first-order valence-corrected chi connectivity index (χ1v) is 7.45. The van der Waals surface area contributed by atoms with E-state index in [1.807, 2.05) is 31.4 Å². The summed E-state index contributed by atoms with van der Waals surface area (Å²) in [6.45, 7) is 2.23. The van der Waals surface area contributed by atoms with Gasteiger partial charge in [0.15, 0.2) is 0 Å². The minimum Gasteiger partial charge on any atom is -0.497 e. The summed E-state index contributed by atoms with van der Waals surface area (Å²) in [6.07, 6.45) is 4.00. The maximum absolute atomic E-state index is 5.19. The molecule has 21 heavy (non-hydrogen) atoms. The van der Waals surface area contributed by atoms with Gasteiger partial charge in [-0.3, -0.25) is 4.98 Å². The van der Waals surface area contributed by atoms with E-state index >= 15 is 0 Å². The predicted octanol–water partition coefficient (Wildman–Crippen LogP) is 3.41. The summed E-state index contributed by atoms with van der Waals surface area (Å²) >= 11 is 0. The van der Waals surface area contributed by atoms with Crippen molar-refractivity contribution in [3.63, 3.8) is 0 Å². The van der Waals surface area contributed by atoms with E-state index in [1.54, 1.807) is 7.11 Å². The van der Waals surface area contributed by atoms with Gasteiger partial charge < -0.3 is 10.1 Å². The van der Waals surface area contributed by atoms with Gasteiger partial charge in [-0.1, -0.05) is 25.1 Å². The maximum Gasteiger partial charge on any atom is 0.118 e. The molecule has 0 saturated carbocycles. The molecule has 0 saturated heterocycles. The SMILES string of the molecule is CNC(CCc1ccc(OC)cc1)C(C)c1ccccn1. The average Bonchev–Trinajstić information content (AvgIpc) is 2.56. The smallest absolute Gasteiger partial charge is 0.118 e. The van der Waals surface area contributed by atoms with Crippen molar-refractivity contribution in [2.45, 2.75) is 31.7 Å². The lowest BCUT2D eigenvalue weighted by Gasteiger charge is -2.23. The zero-order chi connectivity index (χ0) is 15.1. The van der Waals surface area contributed by atoms with Gasteiger partial charge in [-0.25, -0.2) is 0 Å². The van der Waals surface area contributed by atoms with Crippen molar-refractivity contribution in [3.8, 4) is 5.75 Å².